The molecule has 98 valence electrons. The standard InChI is InChI=1S/C16H22IN/c1-4-6-7-11-15(18-12-5-2)14-10-8-9-13(3)16(14)17/h8-10,15,18H,5,7,11-12H2,1-3H3. The summed E-state index contributed by atoms with van der Waals surface area (Å²) in [6, 6.07) is 6.99. The molecular weight excluding hydrogens is 333 g/mol. The van der Waals surface area contributed by atoms with Gasteiger partial charge in [0.05, 0.1) is 0 Å². The Balaban J connectivity index is 2.85. The Morgan fingerprint density at radius 1 is 1.39 bits per heavy atom. The largest absolute Gasteiger partial charge is 0.310 e. The molecule has 0 fully saturated rings. The topological polar surface area (TPSA) is 12.0 Å². The van der Waals surface area contributed by atoms with Gasteiger partial charge in [0.25, 0.3) is 0 Å². The number of halogens is 1. The van der Waals surface area contributed by atoms with Crippen molar-refractivity contribution in [3.63, 3.8) is 0 Å². The van der Waals surface area contributed by atoms with E-state index in [4.69, 9.17) is 0 Å². The maximum atomic E-state index is 3.64. The zero-order chi connectivity index (χ0) is 13.4. The number of nitrogens with one attached hydrogen (secondary N) is 1. The molecule has 0 saturated heterocycles. The van der Waals surface area contributed by atoms with Crippen LogP contribution in [-0.4, -0.2) is 6.54 Å². The third-order valence-corrected chi connectivity index (χ3v) is 4.45. The molecule has 0 heterocycles. The first-order chi connectivity index (χ1) is 8.70. The minimum Gasteiger partial charge on any atom is -0.310 e. The second-order valence-electron chi connectivity index (χ2n) is 4.45. The van der Waals surface area contributed by atoms with Gasteiger partial charge in [-0.1, -0.05) is 25.1 Å². The van der Waals surface area contributed by atoms with Crippen LogP contribution in [-0.2, 0) is 0 Å². The van der Waals surface area contributed by atoms with Crippen LogP contribution in [0.15, 0.2) is 18.2 Å². The first-order valence-electron chi connectivity index (χ1n) is 6.58. The molecule has 1 N–H and O–H groups in total. The summed E-state index contributed by atoms with van der Waals surface area (Å²) in [5.41, 5.74) is 2.78. The van der Waals surface area contributed by atoms with Gasteiger partial charge in [-0.3, -0.25) is 0 Å². The lowest BCUT2D eigenvalue weighted by Gasteiger charge is -2.20. The quantitative estimate of drug-likeness (QED) is 0.588. The van der Waals surface area contributed by atoms with Crippen LogP contribution >= 0.6 is 22.6 Å². The molecule has 0 radical (unpaired) electrons. The third-order valence-electron chi connectivity index (χ3n) is 2.97. The zero-order valence-electron chi connectivity index (χ0n) is 11.5. The van der Waals surface area contributed by atoms with E-state index in [9.17, 15) is 0 Å². The summed E-state index contributed by atoms with van der Waals surface area (Å²) in [6.45, 7) is 7.35. The van der Waals surface area contributed by atoms with Crippen molar-refractivity contribution in [2.45, 2.75) is 46.1 Å². The molecule has 0 spiro atoms. The molecule has 18 heavy (non-hydrogen) atoms. The molecule has 1 unspecified atom stereocenters. The Morgan fingerprint density at radius 3 is 2.83 bits per heavy atom. The molecule has 1 aromatic carbocycles. The highest BCUT2D eigenvalue weighted by atomic mass is 127. The fourth-order valence-corrected chi connectivity index (χ4v) is 2.70. The van der Waals surface area contributed by atoms with Crippen molar-refractivity contribution in [1.82, 2.24) is 5.32 Å². The molecular formula is C16H22IN. The second kappa shape index (κ2) is 8.55. The van der Waals surface area contributed by atoms with Gasteiger partial charge in [-0.2, -0.15) is 0 Å². The molecule has 0 saturated carbocycles. The SMILES string of the molecule is CC#CCCC(NCCC)c1cccc(C)c1I. The maximum absolute atomic E-state index is 3.64. The van der Waals surface area contributed by atoms with Crippen LogP contribution in [0.3, 0.4) is 0 Å². The predicted molar refractivity (Wildman–Crippen MR) is 87.6 cm³/mol. The van der Waals surface area contributed by atoms with E-state index in [2.05, 4.69) is 71.8 Å². The molecule has 0 bridgehead atoms. The average Bonchev–Trinajstić information content (AvgIpc) is 2.37. The lowest BCUT2D eigenvalue weighted by Crippen LogP contribution is -2.23. The minimum atomic E-state index is 0.428. The summed E-state index contributed by atoms with van der Waals surface area (Å²) < 4.78 is 1.38. The predicted octanol–water partition coefficient (Wildman–Crippen LogP) is 4.44. The smallest absolute Gasteiger partial charge is 0.0339 e. The maximum Gasteiger partial charge on any atom is 0.0339 e. The van der Waals surface area contributed by atoms with Crippen LogP contribution in [0.2, 0.25) is 0 Å². The molecule has 1 atom stereocenters. The van der Waals surface area contributed by atoms with Gasteiger partial charge in [0.1, 0.15) is 0 Å². The van der Waals surface area contributed by atoms with Gasteiger partial charge < -0.3 is 5.32 Å². The molecule has 0 aliphatic heterocycles. The van der Waals surface area contributed by atoms with Crippen LogP contribution in [0, 0.1) is 22.3 Å². The van der Waals surface area contributed by atoms with Crippen molar-refractivity contribution in [3.8, 4) is 11.8 Å². The van der Waals surface area contributed by atoms with Gasteiger partial charge in [0, 0.05) is 16.0 Å². The zero-order valence-corrected chi connectivity index (χ0v) is 13.7. The van der Waals surface area contributed by atoms with Gasteiger partial charge in [-0.25, -0.2) is 0 Å². The Bertz CT molecular complexity index is 428. The summed E-state index contributed by atoms with van der Waals surface area (Å²) in [7, 11) is 0. The summed E-state index contributed by atoms with van der Waals surface area (Å²) in [5.74, 6) is 6.14. The van der Waals surface area contributed by atoms with E-state index in [1.165, 1.54) is 21.1 Å². The molecule has 0 aliphatic rings. The highest BCUT2D eigenvalue weighted by Gasteiger charge is 2.13. The number of hydrogen-bond acceptors (Lipinski definition) is 1. The van der Waals surface area contributed by atoms with Gasteiger partial charge in [0.15, 0.2) is 0 Å². The summed E-state index contributed by atoms with van der Waals surface area (Å²) >= 11 is 2.46. The fraction of sp³-hybridized carbons (Fsp3) is 0.500. The molecule has 0 aliphatic carbocycles. The minimum absolute atomic E-state index is 0.428. The van der Waals surface area contributed by atoms with Crippen molar-refractivity contribution in [1.29, 1.82) is 0 Å². The molecule has 0 aromatic heterocycles. The molecule has 1 aromatic rings. The summed E-state index contributed by atoms with van der Waals surface area (Å²) in [4.78, 5) is 0. The van der Waals surface area contributed by atoms with Gasteiger partial charge in [-0.15, -0.1) is 11.8 Å². The van der Waals surface area contributed by atoms with E-state index in [1.807, 2.05) is 6.92 Å². The number of benzene rings is 1. The number of hydrogen-bond donors (Lipinski definition) is 1. The highest BCUT2D eigenvalue weighted by molar-refractivity contribution is 14.1. The second-order valence-corrected chi connectivity index (χ2v) is 5.53. The van der Waals surface area contributed by atoms with Crippen LogP contribution < -0.4 is 5.32 Å². The van der Waals surface area contributed by atoms with Gasteiger partial charge in [-0.05, 0) is 67.0 Å². The van der Waals surface area contributed by atoms with E-state index in [-0.39, 0.29) is 0 Å². The van der Waals surface area contributed by atoms with E-state index in [0.717, 1.165) is 19.4 Å². The van der Waals surface area contributed by atoms with Crippen LogP contribution in [0.25, 0.3) is 0 Å². The van der Waals surface area contributed by atoms with E-state index < -0.39 is 0 Å². The Morgan fingerprint density at radius 2 is 2.17 bits per heavy atom. The molecule has 2 heteroatoms. The fourth-order valence-electron chi connectivity index (χ4n) is 1.97. The first-order valence-corrected chi connectivity index (χ1v) is 7.66. The monoisotopic (exact) mass is 355 g/mol. The lowest BCUT2D eigenvalue weighted by atomic mass is 10.00. The van der Waals surface area contributed by atoms with Crippen molar-refractivity contribution >= 4 is 22.6 Å². The van der Waals surface area contributed by atoms with Crippen LogP contribution in [0.5, 0.6) is 0 Å². The van der Waals surface area contributed by atoms with Crippen LogP contribution in [0.1, 0.15) is 50.3 Å². The van der Waals surface area contributed by atoms with Crippen LogP contribution in [0.4, 0.5) is 0 Å². The highest BCUT2D eigenvalue weighted by Crippen LogP contribution is 2.26. The number of aryl methyl sites for hydroxylation is 1. The average molecular weight is 355 g/mol. The van der Waals surface area contributed by atoms with Crippen molar-refractivity contribution in [2.75, 3.05) is 6.54 Å². The van der Waals surface area contributed by atoms with E-state index >= 15 is 0 Å². The Hall–Kier alpha value is -0.530. The van der Waals surface area contributed by atoms with Gasteiger partial charge >= 0.3 is 0 Å². The van der Waals surface area contributed by atoms with Crippen molar-refractivity contribution < 1.29 is 0 Å². The Labute approximate surface area is 125 Å². The third kappa shape index (κ3) is 4.62. The summed E-state index contributed by atoms with van der Waals surface area (Å²) in [6.07, 6.45) is 3.21. The lowest BCUT2D eigenvalue weighted by molar-refractivity contribution is 0.503. The Kier molecular flexibility index (Phi) is 7.38. The molecule has 1 rings (SSSR count). The molecule has 0 amide bonds. The molecule has 1 nitrogen and oxygen atoms in total. The van der Waals surface area contributed by atoms with E-state index in [0.29, 0.717) is 6.04 Å². The van der Waals surface area contributed by atoms with Gasteiger partial charge in [0.2, 0.25) is 0 Å². The summed E-state index contributed by atoms with van der Waals surface area (Å²) in [5, 5.41) is 3.64. The van der Waals surface area contributed by atoms with E-state index in [1.54, 1.807) is 0 Å². The van der Waals surface area contributed by atoms with Crippen molar-refractivity contribution in [3.05, 3.63) is 32.9 Å². The van der Waals surface area contributed by atoms with Crippen molar-refractivity contribution in [2.24, 2.45) is 0 Å². The number of rotatable bonds is 6. The normalized spacial score (nSPS) is 11.8. The first kappa shape index (κ1) is 15.5.